The Morgan fingerprint density at radius 1 is 0.967 bits per heavy atom. The van der Waals surface area contributed by atoms with Crippen molar-refractivity contribution in [3.05, 3.63) is 52.0 Å². The molecule has 0 bridgehead atoms. The second-order valence-corrected chi connectivity index (χ2v) is 9.50. The number of methoxy groups -OCH3 is 2. The molecule has 1 aliphatic heterocycles. The molecular formula is C20H22Cl2N2O5S. The maximum Gasteiger partial charge on any atom is 0.244 e. The number of ketones is 1. The van der Waals surface area contributed by atoms with Gasteiger partial charge in [-0.25, -0.2) is 8.42 Å². The van der Waals surface area contributed by atoms with Gasteiger partial charge >= 0.3 is 0 Å². The van der Waals surface area contributed by atoms with Gasteiger partial charge in [0.2, 0.25) is 10.0 Å². The fourth-order valence-corrected chi connectivity index (χ4v) is 5.41. The molecule has 2 aromatic rings. The zero-order valence-electron chi connectivity index (χ0n) is 16.6. The number of carbonyl (C=O) groups is 1. The molecule has 3 rings (SSSR count). The van der Waals surface area contributed by atoms with E-state index in [1.165, 1.54) is 30.7 Å². The fraction of sp³-hybridized carbons (Fsp3) is 0.350. The first kappa shape index (κ1) is 22.8. The van der Waals surface area contributed by atoms with Gasteiger partial charge in [-0.2, -0.15) is 4.31 Å². The molecule has 1 saturated heterocycles. The van der Waals surface area contributed by atoms with Gasteiger partial charge in [-0.05, 0) is 36.4 Å². The van der Waals surface area contributed by atoms with E-state index in [0.717, 1.165) is 0 Å². The van der Waals surface area contributed by atoms with E-state index in [9.17, 15) is 13.2 Å². The van der Waals surface area contributed by atoms with E-state index >= 15 is 0 Å². The lowest BCUT2D eigenvalue weighted by atomic mass is 10.1. The summed E-state index contributed by atoms with van der Waals surface area (Å²) in [6, 6.07) is 9.38. The van der Waals surface area contributed by atoms with Crippen LogP contribution in [0.3, 0.4) is 0 Å². The molecule has 2 aromatic carbocycles. The van der Waals surface area contributed by atoms with Crippen LogP contribution in [0.5, 0.6) is 11.5 Å². The number of rotatable bonds is 7. The first-order valence-corrected chi connectivity index (χ1v) is 11.4. The molecule has 1 heterocycles. The summed E-state index contributed by atoms with van der Waals surface area (Å²) in [5, 5.41) is 0.433. The Bertz CT molecular complexity index is 1040. The molecule has 0 amide bonds. The number of Topliss-reactive ketones (excluding diaryl/α,β-unsaturated/α-hetero) is 1. The van der Waals surface area contributed by atoms with E-state index in [1.807, 2.05) is 4.90 Å². The summed E-state index contributed by atoms with van der Waals surface area (Å²) in [7, 11) is -0.718. The molecule has 7 nitrogen and oxygen atoms in total. The molecule has 1 fully saturated rings. The molecule has 0 radical (unpaired) electrons. The summed E-state index contributed by atoms with van der Waals surface area (Å²) in [4.78, 5) is 14.6. The highest BCUT2D eigenvalue weighted by Gasteiger charge is 2.31. The molecule has 0 N–H and O–H groups in total. The number of benzene rings is 2. The predicted molar refractivity (Wildman–Crippen MR) is 116 cm³/mol. The van der Waals surface area contributed by atoms with Crippen LogP contribution in [0.2, 0.25) is 10.0 Å². The van der Waals surface area contributed by atoms with Gasteiger partial charge in [0.1, 0.15) is 4.90 Å². The van der Waals surface area contributed by atoms with Crippen LogP contribution in [-0.4, -0.2) is 70.3 Å². The molecule has 30 heavy (non-hydrogen) atoms. The summed E-state index contributed by atoms with van der Waals surface area (Å²) >= 11 is 12.0. The van der Waals surface area contributed by atoms with Crippen LogP contribution < -0.4 is 9.47 Å². The van der Waals surface area contributed by atoms with Crippen molar-refractivity contribution >= 4 is 39.0 Å². The minimum atomic E-state index is -3.76. The normalized spacial score (nSPS) is 15.7. The summed E-state index contributed by atoms with van der Waals surface area (Å²) in [5.74, 6) is 0.954. The SMILES string of the molecule is COc1ccc(C(=O)CN2CCN(S(=O)(=O)c3cc(Cl)ccc3Cl)CC2)cc1OC. The van der Waals surface area contributed by atoms with E-state index in [-0.39, 0.29) is 35.3 Å². The van der Waals surface area contributed by atoms with Gasteiger partial charge in [-0.3, -0.25) is 9.69 Å². The van der Waals surface area contributed by atoms with Crippen LogP contribution in [0, 0.1) is 0 Å². The van der Waals surface area contributed by atoms with Gasteiger partial charge in [-0.15, -0.1) is 0 Å². The van der Waals surface area contributed by atoms with Gasteiger partial charge in [0.15, 0.2) is 17.3 Å². The van der Waals surface area contributed by atoms with Crippen molar-refractivity contribution in [2.75, 3.05) is 46.9 Å². The van der Waals surface area contributed by atoms with Gasteiger partial charge in [-0.1, -0.05) is 23.2 Å². The van der Waals surface area contributed by atoms with Crippen LogP contribution in [0.1, 0.15) is 10.4 Å². The first-order valence-electron chi connectivity index (χ1n) is 9.19. The third-order valence-electron chi connectivity index (χ3n) is 4.92. The average molecular weight is 473 g/mol. The number of nitrogens with zero attached hydrogens (tertiary/aromatic N) is 2. The average Bonchev–Trinajstić information content (AvgIpc) is 2.75. The summed E-state index contributed by atoms with van der Waals surface area (Å²) in [5.41, 5.74) is 0.508. The highest BCUT2D eigenvalue weighted by atomic mass is 35.5. The van der Waals surface area contributed by atoms with Crippen LogP contribution in [0.15, 0.2) is 41.3 Å². The van der Waals surface area contributed by atoms with E-state index in [4.69, 9.17) is 32.7 Å². The zero-order chi connectivity index (χ0) is 21.9. The van der Waals surface area contributed by atoms with Crippen LogP contribution in [0.25, 0.3) is 0 Å². The molecular weight excluding hydrogens is 451 g/mol. The van der Waals surface area contributed by atoms with Crippen LogP contribution >= 0.6 is 23.2 Å². The van der Waals surface area contributed by atoms with Gasteiger partial charge in [0.25, 0.3) is 0 Å². The second-order valence-electron chi connectivity index (χ2n) is 6.75. The molecule has 162 valence electrons. The first-order chi connectivity index (χ1) is 14.3. The highest BCUT2D eigenvalue weighted by molar-refractivity contribution is 7.89. The Kier molecular flexibility index (Phi) is 7.26. The molecule has 0 unspecified atom stereocenters. The van der Waals surface area contributed by atoms with Crippen LogP contribution in [0.4, 0.5) is 0 Å². The number of piperazine rings is 1. The lowest BCUT2D eigenvalue weighted by molar-refractivity contribution is 0.0901. The standard InChI is InChI=1S/C20H22Cl2N2O5S/c1-28-18-6-3-14(11-19(18)29-2)17(25)13-23-7-9-24(10-8-23)30(26,27)20-12-15(21)4-5-16(20)22/h3-6,11-12H,7-10,13H2,1-2H3. The van der Waals surface area contributed by atoms with Crippen molar-refractivity contribution in [1.82, 2.24) is 9.21 Å². The number of carbonyl (C=O) groups excluding carboxylic acids is 1. The minimum absolute atomic E-state index is 0.00785. The molecule has 10 heteroatoms. The molecule has 0 aromatic heterocycles. The number of halogens is 2. The quantitative estimate of drug-likeness (QED) is 0.575. The Balaban J connectivity index is 1.64. The number of sulfonamides is 1. The number of hydrogen-bond acceptors (Lipinski definition) is 6. The Labute approximate surface area is 186 Å². The summed E-state index contributed by atoms with van der Waals surface area (Å²) in [6.45, 7) is 1.54. The predicted octanol–water partition coefficient (Wildman–Crippen LogP) is 3.20. The smallest absolute Gasteiger partial charge is 0.244 e. The maximum atomic E-state index is 12.9. The third-order valence-corrected chi connectivity index (χ3v) is 7.53. The zero-order valence-corrected chi connectivity index (χ0v) is 18.9. The summed E-state index contributed by atoms with van der Waals surface area (Å²) < 4.78 is 37.6. The Morgan fingerprint density at radius 3 is 2.27 bits per heavy atom. The molecule has 0 saturated carbocycles. The third kappa shape index (κ3) is 4.90. The summed E-state index contributed by atoms with van der Waals surface area (Å²) in [6.07, 6.45) is 0. The monoisotopic (exact) mass is 472 g/mol. The van der Waals surface area contributed by atoms with Crippen molar-refractivity contribution < 1.29 is 22.7 Å². The lowest BCUT2D eigenvalue weighted by Gasteiger charge is -2.33. The van der Waals surface area contributed by atoms with E-state index < -0.39 is 10.0 Å². The van der Waals surface area contributed by atoms with Crippen molar-refractivity contribution in [3.63, 3.8) is 0 Å². The van der Waals surface area contributed by atoms with Crippen molar-refractivity contribution in [2.24, 2.45) is 0 Å². The number of hydrogen-bond donors (Lipinski definition) is 0. The van der Waals surface area contributed by atoms with Gasteiger partial charge in [0, 0.05) is 36.8 Å². The molecule has 0 atom stereocenters. The minimum Gasteiger partial charge on any atom is -0.493 e. The van der Waals surface area contributed by atoms with Gasteiger partial charge < -0.3 is 9.47 Å². The molecule has 0 aliphatic carbocycles. The Hall–Kier alpha value is -1.84. The fourth-order valence-electron chi connectivity index (χ4n) is 3.25. The van der Waals surface area contributed by atoms with Gasteiger partial charge in [0.05, 0.1) is 25.8 Å². The Morgan fingerprint density at radius 2 is 1.63 bits per heavy atom. The van der Waals surface area contributed by atoms with E-state index in [1.54, 1.807) is 24.3 Å². The van der Waals surface area contributed by atoms with Crippen molar-refractivity contribution in [2.45, 2.75) is 4.90 Å². The van der Waals surface area contributed by atoms with Crippen molar-refractivity contribution in [3.8, 4) is 11.5 Å². The number of ether oxygens (including phenoxy) is 2. The lowest BCUT2D eigenvalue weighted by Crippen LogP contribution is -2.49. The molecule has 0 spiro atoms. The van der Waals surface area contributed by atoms with E-state index in [0.29, 0.717) is 35.2 Å². The second kappa shape index (κ2) is 9.53. The highest BCUT2D eigenvalue weighted by Crippen LogP contribution is 2.29. The molecule has 1 aliphatic rings. The maximum absolute atomic E-state index is 12.9. The van der Waals surface area contributed by atoms with Crippen molar-refractivity contribution in [1.29, 1.82) is 0 Å². The topological polar surface area (TPSA) is 76.2 Å². The van der Waals surface area contributed by atoms with Crippen LogP contribution in [-0.2, 0) is 10.0 Å². The van der Waals surface area contributed by atoms with E-state index in [2.05, 4.69) is 0 Å². The largest absolute Gasteiger partial charge is 0.493 e.